The molecule has 1 atom stereocenters. The predicted octanol–water partition coefficient (Wildman–Crippen LogP) is 4.92. The highest BCUT2D eigenvalue weighted by Crippen LogP contribution is 2.29. The minimum absolute atomic E-state index is 0.372. The van der Waals surface area contributed by atoms with E-state index in [2.05, 4.69) is 10.3 Å². The number of benzene rings is 2. The molecule has 1 heterocycles. The lowest BCUT2D eigenvalue weighted by atomic mass is 10.1. The smallest absolute Gasteiger partial charge is 0.351 e. The maximum Gasteiger partial charge on any atom is 0.351 e. The molecule has 1 aromatic heterocycles. The lowest BCUT2D eigenvalue weighted by Gasteiger charge is -2.15. The summed E-state index contributed by atoms with van der Waals surface area (Å²) in [5.74, 6) is -0.921. The SMILES string of the molecule is Cc1ccc(NC(=O)[C@H](C)OC(=O)c2sc(C)nc2-c2ccccc2)c(C)c1. The van der Waals surface area contributed by atoms with Crippen molar-refractivity contribution in [1.29, 1.82) is 0 Å². The number of thiazole rings is 1. The molecule has 3 aromatic rings. The van der Waals surface area contributed by atoms with Crippen LogP contribution in [0.5, 0.6) is 0 Å². The number of nitrogens with zero attached hydrogens (tertiary/aromatic N) is 1. The Morgan fingerprint density at radius 2 is 1.79 bits per heavy atom. The van der Waals surface area contributed by atoms with Crippen LogP contribution in [0.4, 0.5) is 5.69 Å². The molecule has 0 fully saturated rings. The Labute approximate surface area is 168 Å². The molecule has 0 saturated heterocycles. The summed E-state index contributed by atoms with van der Waals surface area (Å²) in [6.45, 7) is 7.31. The second-order valence-corrected chi connectivity index (χ2v) is 7.83. The van der Waals surface area contributed by atoms with Crippen molar-refractivity contribution in [3.05, 3.63) is 69.5 Å². The van der Waals surface area contributed by atoms with Crippen LogP contribution >= 0.6 is 11.3 Å². The highest BCUT2D eigenvalue weighted by Gasteiger charge is 2.24. The Morgan fingerprint density at radius 3 is 2.46 bits per heavy atom. The number of aryl methyl sites for hydroxylation is 3. The summed E-state index contributed by atoms with van der Waals surface area (Å²) >= 11 is 1.26. The van der Waals surface area contributed by atoms with Gasteiger partial charge in [-0.2, -0.15) is 0 Å². The number of carbonyl (C=O) groups excluding carboxylic acids is 2. The fraction of sp³-hybridized carbons (Fsp3) is 0.227. The van der Waals surface area contributed by atoms with Crippen molar-refractivity contribution in [1.82, 2.24) is 4.98 Å². The van der Waals surface area contributed by atoms with Gasteiger partial charge in [0.25, 0.3) is 5.91 Å². The van der Waals surface area contributed by atoms with Gasteiger partial charge in [-0.1, -0.05) is 48.0 Å². The van der Waals surface area contributed by atoms with E-state index >= 15 is 0 Å². The van der Waals surface area contributed by atoms with Crippen LogP contribution in [0, 0.1) is 20.8 Å². The highest BCUT2D eigenvalue weighted by atomic mass is 32.1. The minimum atomic E-state index is -0.931. The molecule has 3 rings (SSSR count). The third-order valence-corrected chi connectivity index (χ3v) is 5.21. The molecule has 0 radical (unpaired) electrons. The van der Waals surface area contributed by atoms with Crippen molar-refractivity contribution < 1.29 is 14.3 Å². The third kappa shape index (κ3) is 4.46. The summed E-state index contributed by atoms with van der Waals surface area (Å²) in [6, 6.07) is 15.2. The fourth-order valence-corrected chi connectivity index (χ4v) is 3.64. The van der Waals surface area contributed by atoms with Gasteiger partial charge < -0.3 is 10.1 Å². The summed E-state index contributed by atoms with van der Waals surface area (Å²) in [4.78, 5) is 30.0. The van der Waals surface area contributed by atoms with E-state index in [1.807, 2.05) is 69.3 Å². The van der Waals surface area contributed by atoms with Gasteiger partial charge in [0.15, 0.2) is 6.10 Å². The van der Waals surface area contributed by atoms with Crippen molar-refractivity contribution in [3.8, 4) is 11.3 Å². The van der Waals surface area contributed by atoms with E-state index in [-0.39, 0.29) is 5.91 Å². The fourth-order valence-electron chi connectivity index (χ4n) is 2.81. The van der Waals surface area contributed by atoms with Crippen LogP contribution in [0.15, 0.2) is 48.5 Å². The monoisotopic (exact) mass is 394 g/mol. The average molecular weight is 394 g/mol. The van der Waals surface area contributed by atoms with Gasteiger partial charge in [-0.05, 0) is 39.3 Å². The van der Waals surface area contributed by atoms with Crippen LogP contribution in [0.25, 0.3) is 11.3 Å². The summed E-state index contributed by atoms with van der Waals surface area (Å²) in [6.07, 6.45) is -0.931. The van der Waals surface area contributed by atoms with Gasteiger partial charge in [-0.3, -0.25) is 4.79 Å². The second kappa shape index (κ2) is 8.35. The lowest BCUT2D eigenvalue weighted by Crippen LogP contribution is -2.30. The molecule has 1 amide bonds. The van der Waals surface area contributed by atoms with E-state index in [1.54, 1.807) is 6.92 Å². The van der Waals surface area contributed by atoms with Crippen molar-refractivity contribution in [2.75, 3.05) is 5.32 Å². The summed E-state index contributed by atoms with van der Waals surface area (Å²) in [5.41, 5.74) is 4.19. The lowest BCUT2D eigenvalue weighted by molar-refractivity contribution is -0.123. The Balaban J connectivity index is 1.73. The predicted molar refractivity (Wildman–Crippen MR) is 112 cm³/mol. The first-order valence-corrected chi connectivity index (χ1v) is 9.78. The van der Waals surface area contributed by atoms with Crippen molar-refractivity contribution in [2.24, 2.45) is 0 Å². The van der Waals surface area contributed by atoms with Crippen LogP contribution in [-0.2, 0) is 9.53 Å². The van der Waals surface area contributed by atoms with E-state index in [0.29, 0.717) is 16.3 Å². The first-order valence-electron chi connectivity index (χ1n) is 8.97. The molecule has 0 aliphatic carbocycles. The molecule has 0 aliphatic rings. The number of nitrogens with one attached hydrogen (secondary N) is 1. The molecule has 0 unspecified atom stereocenters. The zero-order valence-corrected chi connectivity index (χ0v) is 17.1. The quantitative estimate of drug-likeness (QED) is 0.624. The third-order valence-electron chi connectivity index (χ3n) is 4.26. The number of anilines is 1. The standard InChI is InChI=1S/C22H22N2O3S/c1-13-10-11-18(14(2)12-13)24-21(25)15(3)27-22(26)20-19(23-16(4)28-20)17-8-6-5-7-9-17/h5-12,15H,1-4H3,(H,24,25)/t15-/m0/s1. The van der Waals surface area contributed by atoms with E-state index < -0.39 is 12.1 Å². The van der Waals surface area contributed by atoms with Gasteiger partial charge in [0.2, 0.25) is 0 Å². The Kier molecular flexibility index (Phi) is 5.90. The number of carbonyl (C=O) groups is 2. The van der Waals surface area contributed by atoms with Gasteiger partial charge in [0, 0.05) is 11.3 Å². The molecule has 0 saturated carbocycles. The second-order valence-electron chi connectivity index (χ2n) is 6.63. The molecule has 1 N–H and O–H groups in total. The molecular weight excluding hydrogens is 372 g/mol. The summed E-state index contributed by atoms with van der Waals surface area (Å²) in [7, 11) is 0. The number of hydrogen-bond acceptors (Lipinski definition) is 5. The largest absolute Gasteiger partial charge is 0.448 e. The molecular formula is C22H22N2O3S. The van der Waals surface area contributed by atoms with Crippen molar-refractivity contribution >= 4 is 28.9 Å². The molecule has 28 heavy (non-hydrogen) atoms. The Hall–Kier alpha value is -2.99. The minimum Gasteiger partial charge on any atom is -0.448 e. The molecule has 0 spiro atoms. The number of hydrogen-bond donors (Lipinski definition) is 1. The first-order chi connectivity index (χ1) is 13.3. The maximum absolute atomic E-state index is 12.7. The molecule has 5 nitrogen and oxygen atoms in total. The van der Waals surface area contributed by atoms with Gasteiger partial charge in [0.05, 0.1) is 10.7 Å². The van der Waals surface area contributed by atoms with Crippen LogP contribution < -0.4 is 5.32 Å². The number of rotatable bonds is 5. The van der Waals surface area contributed by atoms with Crippen LogP contribution in [-0.4, -0.2) is 23.0 Å². The Bertz CT molecular complexity index is 1010. The topological polar surface area (TPSA) is 68.3 Å². The molecule has 6 heteroatoms. The van der Waals surface area contributed by atoms with Gasteiger partial charge in [-0.15, -0.1) is 11.3 Å². The van der Waals surface area contributed by atoms with E-state index in [1.165, 1.54) is 11.3 Å². The molecule has 0 bridgehead atoms. The van der Waals surface area contributed by atoms with Crippen molar-refractivity contribution in [2.45, 2.75) is 33.8 Å². The van der Waals surface area contributed by atoms with Crippen LogP contribution in [0.1, 0.15) is 32.7 Å². The Morgan fingerprint density at radius 1 is 1.07 bits per heavy atom. The molecule has 144 valence electrons. The molecule has 2 aromatic carbocycles. The number of ether oxygens (including phenoxy) is 1. The van der Waals surface area contributed by atoms with E-state index in [0.717, 1.165) is 21.7 Å². The zero-order valence-electron chi connectivity index (χ0n) is 16.3. The van der Waals surface area contributed by atoms with Gasteiger partial charge in [0.1, 0.15) is 4.88 Å². The highest BCUT2D eigenvalue weighted by molar-refractivity contribution is 7.14. The van der Waals surface area contributed by atoms with Gasteiger partial charge in [-0.25, -0.2) is 9.78 Å². The van der Waals surface area contributed by atoms with E-state index in [4.69, 9.17) is 4.74 Å². The van der Waals surface area contributed by atoms with Crippen LogP contribution in [0.2, 0.25) is 0 Å². The normalized spacial score (nSPS) is 11.7. The van der Waals surface area contributed by atoms with E-state index in [9.17, 15) is 9.59 Å². The summed E-state index contributed by atoms with van der Waals surface area (Å²) in [5, 5.41) is 3.58. The van der Waals surface area contributed by atoms with Crippen molar-refractivity contribution in [3.63, 3.8) is 0 Å². The summed E-state index contributed by atoms with van der Waals surface area (Å²) < 4.78 is 5.43. The number of aromatic nitrogens is 1. The zero-order chi connectivity index (χ0) is 20.3. The van der Waals surface area contributed by atoms with Gasteiger partial charge >= 0.3 is 5.97 Å². The number of amides is 1. The first kappa shape index (κ1) is 19.8. The average Bonchev–Trinajstić information content (AvgIpc) is 3.06. The number of esters is 1. The maximum atomic E-state index is 12.7. The molecule has 0 aliphatic heterocycles. The van der Waals surface area contributed by atoms with Crippen LogP contribution in [0.3, 0.4) is 0 Å².